The maximum atomic E-state index is 10.3. The van der Waals surface area contributed by atoms with Crippen molar-refractivity contribution in [3.05, 3.63) is 46.3 Å². The molecule has 0 spiro atoms. The molecule has 0 aliphatic carbocycles. The molecule has 1 atom stereocenters. The van der Waals surface area contributed by atoms with E-state index >= 15 is 0 Å². The third-order valence-corrected chi connectivity index (χ3v) is 5.28. The van der Waals surface area contributed by atoms with E-state index < -0.39 is 6.10 Å². The quantitative estimate of drug-likeness (QED) is 0.670. The molecule has 0 radical (unpaired) electrons. The lowest BCUT2D eigenvalue weighted by Crippen LogP contribution is -2.20. The highest BCUT2D eigenvalue weighted by Gasteiger charge is 2.13. The van der Waals surface area contributed by atoms with Crippen LogP contribution in [0.15, 0.2) is 23.4 Å². The lowest BCUT2D eigenvalue weighted by Gasteiger charge is -2.16. The summed E-state index contributed by atoms with van der Waals surface area (Å²) in [7, 11) is 0. The van der Waals surface area contributed by atoms with Crippen LogP contribution in [0, 0.1) is 34.6 Å². The number of rotatable bonds is 6. The van der Waals surface area contributed by atoms with Gasteiger partial charge in [0.2, 0.25) is 5.16 Å². The second kappa shape index (κ2) is 7.63. The fourth-order valence-corrected chi connectivity index (χ4v) is 3.48. The molecule has 2 aromatic heterocycles. The number of aromatic nitrogens is 4. The minimum absolute atomic E-state index is 0.238. The van der Waals surface area contributed by atoms with Crippen LogP contribution in [0.1, 0.15) is 28.1 Å². The molecule has 0 amide bonds. The first kappa shape index (κ1) is 18.7. The van der Waals surface area contributed by atoms with Gasteiger partial charge in [0.15, 0.2) is 0 Å². The molecule has 138 valence electrons. The van der Waals surface area contributed by atoms with Crippen LogP contribution < -0.4 is 4.74 Å². The predicted octanol–water partition coefficient (Wildman–Crippen LogP) is 3.20. The van der Waals surface area contributed by atoms with Crippen molar-refractivity contribution in [2.24, 2.45) is 0 Å². The number of hydrogen-bond acceptors (Lipinski definition) is 6. The van der Waals surface area contributed by atoms with Gasteiger partial charge in [0, 0.05) is 17.1 Å². The van der Waals surface area contributed by atoms with Gasteiger partial charge in [0.1, 0.15) is 12.4 Å². The van der Waals surface area contributed by atoms with Crippen LogP contribution in [-0.2, 0) is 0 Å². The van der Waals surface area contributed by atoms with Crippen molar-refractivity contribution in [1.29, 1.82) is 0 Å². The highest BCUT2D eigenvalue weighted by molar-refractivity contribution is 7.99. The van der Waals surface area contributed by atoms with Crippen LogP contribution in [0.4, 0.5) is 0 Å². The van der Waals surface area contributed by atoms with Crippen LogP contribution in [0.2, 0.25) is 0 Å². The molecule has 1 N–H and O–H groups in total. The summed E-state index contributed by atoms with van der Waals surface area (Å²) in [5.41, 5.74) is 5.27. The Labute approximate surface area is 157 Å². The Morgan fingerprint density at radius 3 is 2.62 bits per heavy atom. The van der Waals surface area contributed by atoms with E-state index in [1.165, 1.54) is 17.3 Å². The minimum Gasteiger partial charge on any atom is -0.490 e. The van der Waals surface area contributed by atoms with Crippen LogP contribution in [0.5, 0.6) is 5.75 Å². The molecule has 0 aliphatic rings. The molecule has 3 aromatic rings. The van der Waals surface area contributed by atoms with Gasteiger partial charge in [-0.2, -0.15) is 4.98 Å². The third-order valence-electron chi connectivity index (χ3n) is 4.30. The normalized spacial score (nSPS) is 12.5. The molecular weight excluding hydrogens is 348 g/mol. The van der Waals surface area contributed by atoms with E-state index in [4.69, 9.17) is 4.74 Å². The van der Waals surface area contributed by atoms with Crippen molar-refractivity contribution < 1.29 is 9.84 Å². The number of fused-ring (bicyclic) bond motifs is 1. The number of nitrogens with zero attached hydrogens (tertiary/aromatic N) is 4. The zero-order valence-electron chi connectivity index (χ0n) is 15.8. The maximum Gasteiger partial charge on any atom is 0.253 e. The molecule has 1 aromatic carbocycles. The molecule has 6 nitrogen and oxygen atoms in total. The van der Waals surface area contributed by atoms with Gasteiger partial charge >= 0.3 is 0 Å². The van der Waals surface area contributed by atoms with Crippen LogP contribution in [-0.4, -0.2) is 43.2 Å². The largest absolute Gasteiger partial charge is 0.490 e. The Bertz CT molecular complexity index is 939. The molecule has 0 aliphatic heterocycles. The van der Waals surface area contributed by atoms with Crippen molar-refractivity contribution in [1.82, 2.24) is 19.6 Å². The predicted molar refractivity (Wildman–Crippen MR) is 103 cm³/mol. The van der Waals surface area contributed by atoms with Gasteiger partial charge in [-0.3, -0.25) is 0 Å². The summed E-state index contributed by atoms with van der Waals surface area (Å²) in [5, 5.41) is 15.3. The van der Waals surface area contributed by atoms with E-state index in [1.54, 1.807) is 4.52 Å². The average Bonchev–Trinajstić information content (AvgIpc) is 3.00. The SMILES string of the molecule is Cc1cc(C)n2nc(SC[C@@H](O)COc3c(C)ccc(C)c3C)nc2n1. The Morgan fingerprint density at radius 2 is 1.85 bits per heavy atom. The minimum atomic E-state index is -0.610. The van der Waals surface area contributed by atoms with Gasteiger partial charge in [0.25, 0.3) is 5.78 Å². The first-order valence-corrected chi connectivity index (χ1v) is 9.55. The first-order chi connectivity index (χ1) is 12.3. The topological polar surface area (TPSA) is 72.5 Å². The first-order valence-electron chi connectivity index (χ1n) is 8.56. The average molecular weight is 372 g/mol. The van der Waals surface area contributed by atoms with Gasteiger partial charge in [-0.1, -0.05) is 23.9 Å². The molecule has 0 saturated carbocycles. The zero-order chi connectivity index (χ0) is 18.8. The molecular formula is C19H24N4O2S. The number of benzene rings is 1. The van der Waals surface area contributed by atoms with Crippen molar-refractivity contribution in [2.75, 3.05) is 12.4 Å². The van der Waals surface area contributed by atoms with Crippen molar-refractivity contribution in [3.8, 4) is 5.75 Å². The Hall–Kier alpha value is -2.12. The van der Waals surface area contributed by atoms with Gasteiger partial charge < -0.3 is 9.84 Å². The van der Waals surface area contributed by atoms with Crippen molar-refractivity contribution in [3.63, 3.8) is 0 Å². The van der Waals surface area contributed by atoms with Crippen LogP contribution in [0.25, 0.3) is 5.78 Å². The lowest BCUT2D eigenvalue weighted by atomic mass is 10.1. The second-order valence-corrected chi connectivity index (χ2v) is 7.56. The monoisotopic (exact) mass is 372 g/mol. The fourth-order valence-electron chi connectivity index (χ4n) is 2.76. The second-order valence-electron chi connectivity index (χ2n) is 6.57. The zero-order valence-corrected chi connectivity index (χ0v) is 16.6. The lowest BCUT2D eigenvalue weighted by molar-refractivity contribution is 0.125. The van der Waals surface area contributed by atoms with E-state index in [0.29, 0.717) is 16.7 Å². The third kappa shape index (κ3) is 3.99. The summed E-state index contributed by atoms with van der Waals surface area (Å²) in [6, 6.07) is 6.08. The van der Waals surface area contributed by atoms with Gasteiger partial charge in [-0.25, -0.2) is 9.50 Å². The number of ether oxygens (including phenoxy) is 1. The number of thioether (sulfide) groups is 1. The van der Waals surface area contributed by atoms with E-state index in [2.05, 4.69) is 28.1 Å². The number of aliphatic hydroxyl groups excluding tert-OH is 1. The molecule has 2 heterocycles. The fraction of sp³-hybridized carbons (Fsp3) is 0.421. The Balaban J connectivity index is 1.60. The summed E-state index contributed by atoms with van der Waals surface area (Å²) in [6.07, 6.45) is -0.610. The number of hydrogen-bond donors (Lipinski definition) is 1. The van der Waals surface area contributed by atoms with Crippen molar-refractivity contribution in [2.45, 2.75) is 45.9 Å². The molecule has 3 rings (SSSR count). The Kier molecular flexibility index (Phi) is 5.48. The summed E-state index contributed by atoms with van der Waals surface area (Å²) in [4.78, 5) is 8.79. The van der Waals surface area contributed by atoms with Gasteiger partial charge in [-0.05, 0) is 57.4 Å². The van der Waals surface area contributed by atoms with E-state index in [0.717, 1.165) is 28.3 Å². The van der Waals surface area contributed by atoms with Gasteiger partial charge in [-0.15, -0.1) is 5.10 Å². The van der Waals surface area contributed by atoms with E-state index in [9.17, 15) is 5.11 Å². The maximum absolute atomic E-state index is 10.3. The molecule has 0 saturated heterocycles. The summed E-state index contributed by atoms with van der Waals surface area (Å²) >= 11 is 1.40. The van der Waals surface area contributed by atoms with Crippen LogP contribution >= 0.6 is 11.8 Å². The highest BCUT2D eigenvalue weighted by Crippen LogP contribution is 2.26. The molecule has 0 bridgehead atoms. The smallest absolute Gasteiger partial charge is 0.253 e. The Morgan fingerprint density at radius 1 is 1.12 bits per heavy atom. The highest BCUT2D eigenvalue weighted by atomic mass is 32.2. The molecule has 26 heavy (non-hydrogen) atoms. The van der Waals surface area contributed by atoms with E-state index in [-0.39, 0.29) is 6.61 Å². The summed E-state index contributed by atoms with van der Waals surface area (Å²) < 4.78 is 7.59. The van der Waals surface area contributed by atoms with E-state index in [1.807, 2.05) is 39.8 Å². The van der Waals surface area contributed by atoms with Gasteiger partial charge in [0.05, 0.1) is 6.10 Å². The number of aryl methyl sites for hydroxylation is 4. The standard InChI is InChI=1S/C19H24N4O2S/c1-11-6-7-12(2)17(15(11)5)25-9-16(24)10-26-19-21-18-20-13(3)8-14(4)23(18)22-19/h6-8,16,24H,9-10H2,1-5H3/t16-/m0/s1. The number of aliphatic hydroxyl groups is 1. The molecule has 0 fully saturated rings. The molecule has 0 unspecified atom stereocenters. The summed E-state index contributed by atoms with van der Waals surface area (Å²) in [5.74, 6) is 1.90. The van der Waals surface area contributed by atoms with Crippen molar-refractivity contribution >= 4 is 17.5 Å². The molecule has 7 heteroatoms. The summed E-state index contributed by atoms with van der Waals surface area (Å²) in [6.45, 7) is 10.3. The van der Waals surface area contributed by atoms with Crippen LogP contribution in [0.3, 0.4) is 0 Å².